The average Bonchev–Trinajstić information content (AvgIpc) is 2.30. The molecule has 1 N–H and O–H groups in total. The highest BCUT2D eigenvalue weighted by Crippen LogP contribution is 2.20. The topological polar surface area (TPSA) is 43.4 Å². The molecule has 1 atom stereocenters. The van der Waals surface area contributed by atoms with Gasteiger partial charge in [0.1, 0.15) is 11.9 Å². The molecule has 6 heteroatoms. The number of hydrogen-bond acceptors (Lipinski definition) is 4. The second-order valence-corrected chi connectivity index (χ2v) is 3.79. The van der Waals surface area contributed by atoms with Gasteiger partial charge in [-0.2, -0.15) is 8.78 Å². The number of halogens is 2. The summed E-state index contributed by atoms with van der Waals surface area (Å²) in [4.78, 5) is 3.97. The summed E-state index contributed by atoms with van der Waals surface area (Å²) >= 11 is 0. The highest BCUT2D eigenvalue weighted by atomic mass is 19.3. The first kappa shape index (κ1) is 12.0. The first-order chi connectivity index (χ1) is 8.24. The largest absolute Gasteiger partial charge is 0.473 e. The summed E-state index contributed by atoms with van der Waals surface area (Å²) in [6.45, 7) is -1.09. The van der Waals surface area contributed by atoms with Crippen molar-refractivity contribution >= 4 is 0 Å². The molecular formula is C11H14F2N2O2. The molecule has 1 aromatic rings. The van der Waals surface area contributed by atoms with E-state index in [4.69, 9.17) is 4.74 Å². The lowest BCUT2D eigenvalue weighted by Gasteiger charge is -2.23. The van der Waals surface area contributed by atoms with E-state index in [-0.39, 0.29) is 11.9 Å². The van der Waals surface area contributed by atoms with Crippen LogP contribution in [0.25, 0.3) is 0 Å². The van der Waals surface area contributed by atoms with Crippen LogP contribution >= 0.6 is 0 Å². The van der Waals surface area contributed by atoms with Crippen molar-refractivity contribution in [1.29, 1.82) is 0 Å². The van der Waals surface area contributed by atoms with Crippen molar-refractivity contribution in [1.82, 2.24) is 10.3 Å². The number of pyridine rings is 1. The molecular weight excluding hydrogens is 230 g/mol. The Morgan fingerprint density at radius 1 is 1.47 bits per heavy atom. The Morgan fingerprint density at radius 2 is 2.35 bits per heavy atom. The standard InChI is InChI=1S/C11H14F2N2O2/c12-11(13)17-8-3-5-15-10(6-8)16-9-2-1-4-14-7-9/h3,5-6,9,11,14H,1-2,4,7H2/t9-/m1/s1. The first-order valence-corrected chi connectivity index (χ1v) is 5.52. The fourth-order valence-electron chi connectivity index (χ4n) is 1.72. The summed E-state index contributed by atoms with van der Waals surface area (Å²) in [5.41, 5.74) is 0. The molecule has 0 amide bonds. The lowest BCUT2D eigenvalue weighted by molar-refractivity contribution is -0.0500. The van der Waals surface area contributed by atoms with Crippen molar-refractivity contribution in [3.8, 4) is 11.6 Å². The molecule has 0 aliphatic carbocycles. The zero-order valence-corrected chi connectivity index (χ0v) is 9.23. The second kappa shape index (κ2) is 5.77. The van der Waals surface area contributed by atoms with Gasteiger partial charge in [-0.3, -0.25) is 0 Å². The van der Waals surface area contributed by atoms with Crippen molar-refractivity contribution in [3.05, 3.63) is 18.3 Å². The number of nitrogens with one attached hydrogen (secondary N) is 1. The highest BCUT2D eigenvalue weighted by Gasteiger charge is 2.15. The maximum absolute atomic E-state index is 12.0. The van der Waals surface area contributed by atoms with Crippen LogP contribution in [0.15, 0.2) is 18.3 Å². The van der Waals surface area contributed by atoms with E-state index >= 15 is 0 Å². The summed E-state index contributed by atoms with van der Waals surface area (Å²) in [6.07, 6.45) is 3.41. The van der Waals surface area contributed by atoms with Crippen molar-refractivity contribution in [2.75, 3.05) is 13.1 Å². The predicted molar refractivity (Wildman–Crippen MR) is 57.4 cm³/mol. The lowest BCUT2D eigenvalue weighted by atomic mass is 10.1. The molecule has 0 bridgehead atoms. The monoisotopic (exact) mass is 244 g/mol. The van der Waals surface area contributed by atoms with E-state index in [1.165, 1.54) is 18.3 Å². The Balaban J connectivity index is 1.95. The second-order valence-electron chi connectivity index (χ2n) is 3.79. The Bertz CT molecular complexity index is 357. The van der Waals surface area contributed by atoms with Crippen LogP contribution in [0.2, 0.25) is 0 Å². The van der Waals surface area contributed by atoms with Crippen LogP contribution in [0.3, 0.4) is 0 Å². The molecule has 4 nitrogen and oxygen atoms in total. The van der Waals surface area contributed by atoms with Gasteiger partial charge >= 0.3 is 6.61 Å². The van der Waals surface area contributed by atoms with Gasteiger partial charge < -0.3 is 14.8 Å². The fraction of sp³-hybridized carbons (Fsp3) is 0.545. The molecule has 1 aliphatic rings. The van der Waals surface area contributed by atoms with Crippen molar-refractivity contribution in [3.63, 3.8) is 0 Å². The summed E-state index contributed by atoms with van der Waals surface area (Å²) in [6, 6.07) is 2.75. The van der Waals surface area contributed by atoms with E-state index in [0.717, 1.165) is 25.9 Å². The molecule has 0 aromatic carbocycles. The number of aromatic nitrogens is 1. The Kier molecular flexibility index (Phi) is 4.08. The minimum Gasteiger partial charge on any atom is -0.473 e. The maximum atomic E-state index is 12.0. The number of nitrogens with zero attached hydrogens (tertiary/aromatic N) is 1. The van der Waals surface area contributed by atoms with Crippen LogP contribution in [0.4, 0.5) is 8.78 Å². The Hall–Kier alpha value is -1.43. The molecule has 1 aromatic heterocycles. The molecule has 1 fully saturated rings. The molecule has 0 radical (unpaired) electrons. The number of ether oxygens (including phenoxy) is 2. The zero-order valence-electron chi connectivity index (χ0n) is 9.23. The summed E-state index contributed by atoms with van der Waals surface area (Å²) in [5, 5.41) is 3.20. The smallest absolute Gasteiger partial charge is 0.387 e. The average molecular weight is 244 g/mol. The third-order valence-electron chi connectivity index (χ3n) is 2.47. The van der Waals surface area contributed by atoms with Gasteiger partial charge in [-0.15, -0.1) is 0 Å². The van der Waals surface area contributed by atoms with E-state index in [9.17, 15) is 8.78 Å². The molecule has 0 saturated carbocycles. The summed E-state index contributed by atoms with van der Waals surface area (Å²) in [7, 11) is 0. The van der Waals surface area contributed by atoms with Gasteiger partial charge in [-0.1, -0.05) is 0 Å². The molecule has 1 aliphatic heterocycles. The van der Waals surface area contributed by atoms with E-state index in [1.807, 2.05) is 0 Å². The fourth-order valence-corrected chi connectivity index (χ4v) is 1.72. The van der Waals surface area contributed by atoms with Gasteiger partial charge in [-0.25, -0.2) is 4.98 Å². The molecule has 2 rings (SSSR count). The number of piperidine rings is 1. The highest BCUT2D eigenvalue weighted by molar-refractivity contribution is 5.26. The number of alkyl halides is 2. The van der Waals surface area contributed by atoms with Gasteiger partial charge in [0.25, 0.3) is 0 Å². The van der Waals surface area contributed by atoms with Crippen LogP contribution < -0.4 is 14.8 Å². The molecule has 94 valence electrons. The minimum absolute atomic E-state index is 0.0399. The quantitative estimate of drug-likeness (QED) is 0.877. The third kappa shape index (κ3) is 3.81. The van der Waals surface area contributed by atoms with Crippen molar-refractivity contribution in [2.24, 2.45) is 0 Å². The van der Waals surface area contributed by atoms with Crippen LogP contribution in [-0.4, -0.2) is 30.8 Å². The predicted octanol–water partition coefficient (Wildman–Crippen LogP) is 1.81. The number of rotatable bonds is 4. The third-order valence-corrected chi connectivity index (χ3v) is 2.47. The molecule has 0 unspecified atom stereocenters. The van der Waals surface area contributed by atoms with Crippen LogP contribution in [0.5, 0.6) is 11.6 Å². The van der Waals surface area contributed by atoms with Gasteiger partial charge in [0.15, 0.2) is 0 Å². The molecule has 17 heavy (non-hydrogen) atoms. The Morgan fingerprint density at radius 3 is 3.06 bits per heavy atom. The molecule has 1 saturated heterocycles. The van der Waals surface area contributed by atoms with E-state index in [0.29, 0.717) is 5.88 Å². The summed E-state index contributed by atoms with van der Waals surface area (Å²) in [5.74, 6) is 0.380. The number of hydrogen-bond donors (Lipinski definition) is 1. The van der Waals surface area contributed by atoms with Crippen molar-refractivity contribution in [2.45, 2.75) is 25.6 Å². The van der Waals surface area contributed by atoms with E-state index in [2.05, 4.69) is 15.0 Å². The molecule has 2 heterocycles. The van der Waals surface area contributed by atoms with Gasteiger partial charge in [-0.05, 0) is 25.5 Å². The van der Waals surface area contributed by atoms with Crippen molar-refractivity contribution < 1.29 is 18.3 Å². The Labute approximate surface area is 97.9 Å². The minimum atomic E-state index is -2.83. The molecule has 0 spiro atoms. The summed E-state index contributed by atoms with van der Waals surface area (Å²) < 4.78 is 33.9. The zero-order chi connectivity index (χ0) is 12.1. The van der Waals surface area contributed by atoms with Crippen LogP contribution in [0, 0.1) is 0 Å². The van der Waals surface area contributed by atoms with Crippen LogP contribution in [-0.2, 0) is 0 Å². The van der Waals surface area contributed by atoms with Gasteiger partial charge in [0.2, 0.25) is 5.88 Å². The van der Waals surface area contributed by atoms with E-state index in [1.54, 1.807) is 0 Å². The lowest BCUT2D eigenvalue weighted by Crippen LogP contribution is -2.37. The van der Waals surface area contributed by atoms with Gasteiger partial charge in [0, 0.05) is 18.8 Å². The maximum Gasteiger partial charge on any atom is 0.387 e. The van der Waals surface area contributed by atoms with Crippen LogP contribution in [0.1, 0.15) is 12.8 Å². The first-order valence-electron chi connectivity index (χ1n) is 5.52. The SMILES string of the molecule is FC(F)Oc1ccnc(O[C@@H]2CCCNC2)c1. The normalized spacial score (nSPS) is 20.3. The van der Waals surface area contributed by atoms with Gasteiger partial charge in [0.05, 0.1) is 0 Å². The van der Waals surface area contributed by atoms with E-state index < -0.39 is 6.61 Å².